The molecule has 0 aliphatic heterocycles. The maximum Gasteiger partial charge on any atom is 0.0744 e. The van der Waals surface area contributed by atoms with E-state index in [1.54, 1.807) is 0 Å². The van der Waals surface area contributed by atoms with Gasteiger partial charge >= 0.3 is 0 Å². The van der Waals surface area contributed by atoms with Crippen LogP contribution in [0.1, 0.15) is 32.3 Å². The van der Waals surface area contributed by atoms with Crippen LogP contribution in [-0.4, -0.2) is 18.8 Å². The standard InChI is InChI=1S/C14H22Cl2N2O/c1-3-5-14(19-4-2)13(18-17)9-10-6-7-11(15)12(16)8-10/h6-8,13-14,18H,3-5,9,17H2,1-2H3. The summed E-state index contributed by atoms with van der Waals surface area (Å²) >= 11 is 11.9. The minimum absolute atomic E-state index is 0.0668. The second-order valence-corrected chi connectivity index (χ2v) is 5.32. The molecule has 1 aromatic rings. The van der Waals surface area contributed by atoms with Crippen molar-refractivity contribution in [3.05, 3.63) is 33.8 Å². The van der Waals surface area contributed by atoms with E-state index < -0.39 is 0 Å². The van der Waals surface area contributed by atoms with E-state index in [0.29, 0.717) is 16.7 Å². The highest BCUT2D eigenvalue weighted by Crippen LogP contribution is 2.24. The number of hydrogen-bond donors (Lipinski definition) is 2. The molecule has 0 aliphatic carbocycles. The summed E-state index contributed by atoms with van der Waals surface area (Å²) in [4.78, 5) is 0. The predicted molar refractivity (Wildman–Crippen MR) is 81.6 cm³/mol. The second-order valence-electron chi connectivity index (χ2n) is 4.51. The first-order chi connectivity index (χ1) is 9.12. The van der Waals surface area contributed by atoms with Gasteiger partial charge in [-0.2, -0.15) is 0 Å². The number of hydrazine groups is 1. The van der Waals surface area contributed by atoms with Gasteiger partial charge in [0.15, 0.2) is 0 Å². The SMILES string of the molecule is CCCC(OCC)C(Cc1ccc(Cl)c(Cl)c1)NN. The van der Waals surface area contributed by atoms with E-state index in [9.17, 15) is 0 Å². The zero-order valence-corrected chi connectivity index (χ0v) is 13.0. The van der Waals surface area contributed by atoms with Crippen molar-refractivity contribution in [2.24, 2.45) is 5.84 Å². The summed E-state index contributed by atoms with van der Waals surface area (Å²) in [6.07, 6.45) is 2.90. The van der Waals surface area contributed by atoms with Crippen molar-refractivity contribution in [2.75, 3.05) is 6.61 Å². The molecular weight excluding hydrogens is 283 g/mol. The summed E-state index contributed by atoms with van der Waals surface area (Å²) in [5, 5.41) is 1.14. The molecule has 1 rings (SSSR count). The monoisotopic (exact) mass is 304 g/mol. The summed E-state index contributed by atoms with van der Waals surface area (Å²) in [6, 6.07) is 5.72. The maximum absolute atomic E-state index is 6.03. The molecule has 0 bridgehead atoms. The highest BCUT2D eigenvalue weighted by Gasteiger charge is 2.20. The van der Waals surface area contributed by atoms with Gasteiger partial charge in [0, 0.05) is 6.61 Å². The number of benzene rings is 1. The summed E-state index contributed by atoms with van der Waals surface area (Å²) in [5.74, 6) is 5.66. The van der Waals surface area contributed by atoms with E-state index in [2.05, 4.69) is 12.3 Å². The Kier molecular flexibility index (Phi) is 7.73. The van der Waals surface area contributed by atoms with Crippen molar-refractivity contribution in [1.82, 2.24) is 5.43 Å². The van der Waals surface area contributed by atoms with Gasteiger partial charge in [-0.3, -0.25) is 11.3 Å². The van der Waals surface area contributed by atoms with Gasteiger partial charge in [-0.15, -0.1) is 0 Å². The lowest BCUT2D eigenvalue weighted by molar-refractivity contribution is 0.0281. The topological polar surface area (TPSA) is 47.3 Å². The van der Waals surface area contributed by atoms with E-state index in [1.807, 2.05) is 25.1 Å². The fraction of sp³-hybridized carbons (Fsp3) is 0.571. The second kappa shape index (κ2) is 8.77. The van der Waals surface area contributed by atoms with Crippen molar-refractivity contribution in [1.29, 1.82) is 0 Å². The number of ether oxygens (including phenoxy) is 1. The lowest BCUT2D eigenvalue weighted by Crippen LogP contribution is -2.46. The molecule has 5 heteroatoms. The van der Waals surface area contributed by atoms with Crippen LogP contribution in [0.5, 0.6) is 0 Å². The predicted octanol–water partition coefficient (Wildman–Crippen LogP) is 3.57. The maximum atomic E-state index is 6.03. The number of nitrogens with two attached hydrogens (primary N) is 1. The number of hydrogen-bond acceptors (Lipinski definition) is 3. The zero-order valence-electron chi connectivity index (χ0n) is 11.5. The number of rotatable bonds is 8. The van der Waals surface area contributed by atoms with Gasteiger partial charge < -0.3 is 4.74 Å². The highest BCUT2D eigenvalue weighted by atomic mass is 35.5. The smallest absolute Gasteiger partial charge is 0.0744 e. The number of halogens is 2. The molecule has 0 saturated carbocycles. The number of nitrogens with one attached hydrogen (secondary N) is 1. The van der Waals surface area contributed by atoms with Crippen LogP contribution >= 0.6 is 23.2 Å². The van der Waals surface area contributed by atoms with E-state index in [1.165, 1.54) is 0 Å². The third-order valence-corrected chi connectivity index (χ3v) is 3.80. The first-order valence-corrected chi connectivity index (χ1v) is 7.39. The first kappa shape index (κ1) is 16.7. The minimum Gasteiger partial charge on any atom is -0.377 e. The normalized spacial score (nSPS) is 14.4. The Hall–Kier alpha value is -0.320. The molecule has 0 amide bonds. The molecule has 0 aliphatic rings. The molecule has 108 valence electrons. The van der Waals surface area contributed by atoms with Gasteiger partial charge in [0.25, 0.3) is 0 Å². The van der Waals surface area contributed by atoms with Crippen molar-refractivity contribution in [2.45, 2.75) is 45.3 Å². The molecule has 2 unspecified atom stereocenters. The molecule has 0 aromatic heterocycles. The summed E-state index contributed by atoms with van der Waals surface area (Å²) in [7, 11) is 0. The van der Waals surface area contributed by atoms with Crippen molar-refractivity contribution in [3.63, 3.8) is 0 Å². The molecular formula is C14H22Cl2N2O. The molecule has 0 radical (unpaired) electrons. The third-order valence-electron chi connectivity index (χ3n) is 3.06. The largest absolute Gasteiger partial charge is 0.377 e. The van der Waals surface area contributed by atoms with Crippen LogP contribution in [0, 0.1) is 0 Å². The Balaban J connectivity index is 2.75. The molecule has 1 aromatic carbocycles. The van der Waals surface area contributed by atoms with Crippen LogP contribution in [0.25, 0.3) is 0 Å². The molecule has 0 spiro atoms. The fourth-order valence-electron chi connectivity index (χ4n) is 2.12. The van der Waals surface area contributed by atoms with Crippen LogP contribution in [-0.2, 0) is 11.2 Å². The molecule has 0 heterocycles. The van der Waals surface area contributed by atoms with Gasteiger partial charge in [0.05, 0.1) is 22.2 Å². The Bertz CT molecular complexity index is 382. The van der Waals surface area contributed by atoms with Gasteiger partial charge in [-0.1, -0.05) is 42.6 Å². The van der Waals surface area contributed by atoms with E-state index >= 15 is 0 Å². The Morgan fingerprint density at radius 3 is 2.53 bits per heavy atom. The molecule has 0 fully saturated rings. The van der Waals surface area contributed by atoms with Crippen LogP contribution in [0.4, 0.5) is 0 Å². The Morgan fingerprint density at radius 1 is 1.26 bits per heavy atom. The van der Waals surface area contributed by atoms with Crippen LogP contribution in [0.3, 0.4) is 0 Å². The van der Waals surface area contributed by atoms with E-state index in [0.717, 1.165) is 24.8 Å². The summed E-state index contributed by atoms with van der Waals surface area (Å²) < 4.78 is 5.76. The highest BCUT2D eigenvalue weighted by molar-refractivity contribution is 6.42. The van der Waals surface area contributed by atoms with Crippen LogP contribution < -0.4 is 11.3 Å². The van der Waals surface area contributed by atoms with Crippen molar-refractivity contribution >= 4 is 23.2 Å². The van der Waals surface area contributed by atoms with Gasteiger partial charge in [-0.05, 0) is 37.5 Å². The minimum atomic E-state index is 0.0668. The Labute approximate surface area is 125 Å². The Morgan fingerprint density at radius 2 is 2.00 bits per heavy atom. The zero-order chi connectivity index (χ0) is 14.3. The summed E-state index contributed by atoms with van der Waals surface area (Å²) in [6.45, 7) is 4.82. The van der Waals surface area contributed by atoms with E-state index in [-0.39, 0.29) is 12.1 Å². The first-order valence-electron chi connectivity index (χ1n) is 6.64. The van der Waals surface area contributed by atoms with Crippen LogP contribution in [0.15, 0.2) is 18.2 Å². The third kappa shape index (κ3) is 5.28. The molecule has 0 saturated heterocycles. The van der Waals surface area contributed by atoms with Crippen LogP contribution in [0.2, 0.25) is 10.0 Å². The van der Waals surface area contributed by atoms with Gasteiger partial charge in [-0.25, -0.2) is 0 Å². The molecule has 2 atom stereocenters. The van der Waals surface area contributed by atoms with E-state index in [4.69, 9.17) is 33.8 Å². The molecule has 19 heavy (non-hydrogen) atoms. The fourth-order valence-corrected chi connectivity index (χ4v) is 2.44. The van der Waals surface area contributed by atoms with Gasteiger partial charge in [0.2, 0.25) is 0 Å². The molecule has 3 nitrogen and oxygen atoms in total. The lowest BCUT2D eigenvalue weighted by Gasteiger charge is -2.26. The van der Waals surface area contributed by atoms with Crippen molar-refractivity contribution < 1.29 is 4.74 Å². The molecule has 3 N–H and O–H groups in total. The lowest BCUT2D eigenvalue weighted by atomic mass is 9.99. The quantitative estimate of drug-likeness (QED) is 0.570. The van der Waals surface area contributed by atoms with Gasteiger partial charge in [0.1, 0.15) is 0 Å². The summed E-state index contributed by atoms with van der Waals surface area (Å²) in [5.41, 5.74) is 3.95. The van der Waals surface area contributed by atoms with Crippen molar-refractivity contribution in [3.8, 4) is 0 Å². The average Bonchev–Trinajstić information content (AvgIpc) is 2.40. The average molecular weight is 305 g/mol.